The zero-order valence-electron chi connectivity index (χ0n) is 13.0. The van der Waals surface area contributed by atoms with Crippen LogP contribution in [0.5, 0.6) is 0 Å². The Bertz CT molecular complexity index is 1040. The van der Waals surface area contributed by atoms with Crippen LogP contribution in [0.4, 0.5) is 10.3 Å². The molecule has 0 fully saturated rings. The van der Waals surface area contributed by atoms with Gasteiger partial charge in [-0.2, -0.15) is 10.1 Å². The Morgan fingerprint density at radius 1 is 1.04 bits per heavy atom. The average Bonchev–Trinajstić information content (AvgIpc) is 3.23. The first kappa shape index (κ1) is 15.0. The molecule has 0 radical (unpaired) electrons. The molecule has 3 N–H and O–H groups in total. The van der Waals surface area contributed by atoms with Crippen LogP contribution in [-0.2, 0) is 6.42 Å². The van der Waals surface area contributed by atoms with E-state index in [2.05, 4.69) is 30.7 Å². The molecule has 2 aromatic heterocycles. The number of nitrogens with one attached hydrogen (secondary N) is 3. The molecule has 0 spiro atoms. The number of hydrogen-bond donors (Lipinski definition) is 3. The average molecular weight is 336 g/mol. The van der Waals surface area contributed by atoms with Gasteiger partial charge < -0.3 is 0 Å². The zero-order valence-corrected chi connectivity index (χ0v) is 13.0. The van der Waals surface area contributed by atoms with Gasteiger partial charge in [-0.3, -0.25) is 20.3 Å². The molecule has 8 heteroatoms. The van der Waals surface area contributed by atoms with Crippen molar-refractivity contribution >= 4 is 22.8 Å². The molecule has 0 unspecified atom stereocenters. The Labute approximate surface area is 141 Å². The molecule has 1 amide bonds. The Balaban J connectivity index is 1.49. The number of fused-ring (bicyclic) bond motifs is 1. The van der Waals surface area contributed by atoms with Gasteiger partial charge in [0.2, 0.25) is 5.95 Å². The molecule has 7 nitrogen and oxygen atoms in total. The molecule has 0 bridgehead atoms. The van der Waals surface area contributed by atoms with Crippen LogP contribution in [0, 0.1) is 5.82 Å². The molecule has 2 aromatic carbocycles. The molecule has 0 atom stereocenters. The second-order valence-corrected chi connectivity index (χ2v) is 5.48. The maximum atomic E-state index is 12.9. The van der Waals surface area contributed by atoms with Crippen LogP contribution in [-0.4, -0.2) is 31.3 Å². The third-order valence-corrected chi connectivity index (χ3v) is 3.73. The first-order chi connectivity index (χ1) is 12.2. The molecule has 0 saturated heterocycles. The van der Waals surface area contributed by atoms with Crippen molar-refractivity contribution < 1.29 is 9.18 Å². The third kappa shape index (κ3) is 3.09. The summed E-state index contributed by atoms with van der Waals surface area (Å²) >= 11 is 0. The summed E-state index contributed by atoms with van der Waals surface area (Å²) in [5, 5.41) is 16.9. The maximum absolute atomic E-state index is 12.9. The molecular formula is C17H13FN6O. The number of aromatic nitrogens is 5. The van der Waals surface area contributed by atoms with Crippen LogP contribution in [0.1, 0.15) is 21.9 Å². The smallest absolute Gasteiger partial charge is 0.279 e. The van der Waals surface area contributed by atoms with E-state index in [1.165, 1.54) is 12.1 Å². The van der Waals surface area contributed by atoms with Crippen LogP contribution in [0.2, 0.25) is 0 Å². The first-order valence-electron chi connectivity index (χ1n) is 7.59. The highest BCUT2D eigenvalue weighted by Gasteiger charge is 2.16. The number of nitrogens with zero attached hydrogens (tertiary/aromatic N) is 3. The highest BCUT2D eigenvalue weighted by atomic mass is 19.1. The van der Waals surface area contributed by atoms with Crippen molar-refractivity contribution in [3.05, 3.63) is 71.4 Å². The summed E-state index contributed by atoms with van der Waals surface area (Å²) in [5.41, 5.74) is 1.94. The summed E-state index contributed by atoms with van der Waals surface area (Å²) in [5.74, 6) is 0.0354. The van der Waals surface area contributed by atoms with Gasteiger partial charge in [-0.25, -0.2) is 4.39 Å². The van der Waals surface area contributed by atoms with Crippen molar-refractivity contribution in [3.63, 3.8) is 0 Å². The number of amides is 1. The third-order valence-electron chi connectivity index (χ3n) is 3.73. The van der Waals surface area contributed by atoms with Gasteiger partial charge in [-0.1, -0.05) is 30.3 Å². The van der Waals surface area contributed by atoms with E-state index in [1.807, 2.05) is 24.3 Å². The lowest BCUT2D eigenvalue weighted by Crippen LogP contribution is -2.14. The SMILES string of the molecule is O=C(Nc1n[nH]c(Cc2ccc(F)cc2)n1)c1n[nH]c2ccccc12. The lowest BCUT2D eigenvalue weighted by atomic mass is 10.1. The number of H-pyrrole nitrogens is 2. The maximum Gasteiger partial charge on any atom is 0.279 e. The lowest BCUT2D eigenvalue weighted by Gasteiger charge is -1.98. The minimum atomic E-state index is -0.398. The van der Waals surface area contributed by atoms with E-state index in [0.29, 0.717) is 12.2 Å². The van der Waals surface area contributed by atoms with Crippen molar-refractivity contribution in [1.82, 2.24) is 25.4 Å². The van der Waals surface area contributed by atoms with Crippen LogP contribution in [0.3, 0.4) is 0 Å². The summed E-state index contributed by atoms with van der Waals surface area (Å²) < 4.78 is 12.9. The Morgan fingerprint density at radius 2 is 1.84 bits per heavy atom. The number of hydrogen-bond acceptors (Lipinski definition) is 4. The number of para-hydroxylation sites is 1. The number of carbonyl (C=O) groups excluding carboxylic acids is 1. The second-order valence-electron chi connectivity index (χ2n) is 5.48. The fourth-order valence-electron chi connectivity index (χ4n) is 2.52. The second kappa shape index (κ2) is 6.16. The van der Waals surface area contributed by atoms with E-state index >= 15 is 0 Å². The minimum Gasteiger partial charge on any atom is -0.288 e. The quantitative estimate of drug-likeness (QED) is 0.533. The van der Waals surface area contributed by atoms with E-state index in [-0.39, 0.29) is 17.5 Å². The summed E-state index contributed by atoms with van der Waals surface area (Å²) in [7, 11) is 0. The molecule has 4 rings (SSSR count). The highest BCUT2D eigenvalue weighted by molar-refractivity contribution is 6.10. The molecule has 0 aliphatic heterocycles. The monoisotopic (exact) mass is 336 g/mol. The minimum absolute atomic E-state index is 0.161. The fraction of sp³-hybridized carbons (Fsp3) is 0.0588. The van der Waals surface area contributed by atoms with Crippen molar-refractivity contribution in [1.29, 1.82) is 0 Å². The summed E-state index contributed by atoms with van der Waals surface area (Å²) in [4.78, 5) is 16.6. The van der Waals surface area contributed by atoms with E-state index in [9.17, 15) is 9.18 Å². The largest absolute Gasteiger partial charge is 0.288 e. The number of halogens is 1. The molecule has 124 valence electrons. The van der Waals surface area contributed by atoms with Gasteiger partial charge in [0.25, 0.3) is 5.91 Å². The van der Waals surface area contributed by atoms with Gasteiger partial charge in [0.1, 0.15) is 11.6 Å². The number of carbonyl (C=O) groups is 1. The number of anilines is 1. The van der Waals surface area contributed by atoms with Gasteiger partial charge in [0, 0.05) is 11.8 Å². The highest BCUT2D eigenvalue weighted by Crippen LogP contribution is 2.16. The van der Waals surface area contributed by atoms with Crippen molar-refractivity contribution in [2.75, 3.05) is 5.32 Å². The van der Waals surface area contributed by atoms with Crippen LogP contribution < -0.4 is 5.32 Å². The first-order valence-corrected chi connectivity index (χ1v) is 7.59. The predicted molar refractivity (Wildman–Crippen MR) is 89.6 cm³/mol. The Morgan fingerprint density at radius 3 is 2.68 bits per heavy atom. The molecular weight excluding hydrogens is 323 g/mol. The molecule has 4 aromatic rings. The summed E-state index contributed by atoms with van der Waals surface area (Å²) in [6.45, 7) is 0. The Kier molecular flexibility index (Phi) is 3.70. The van der Waals surface area contributed by atoms with Gasteiger partial charge in [0.05, 0.1) is 5.52 Å². The molecule has 0 saturated carbocycles. The van der Waals surface area contributed by atoms with Gasteiger partial charge in [-0.05, 0) is 23.8 Å². The summed E-state index contributed by atoms with van der Waals surface area (Å²) in [6, 6.07) is 13.5. The molecule has 0 aliphatic carbocycles. The zero-order chi connectivity index (χ0) is 17.2. The van der Waals surface area contributed by atoms with Crippen molar-refractivity contribution in [2.45, 2.75) is 6.42 Å². The molecule has 2 heterocycles. The van der Waals surface area contributed by atoms with Gasteiger partial charge in [0.15, 0.2) is 5.69 Å². The van der Waals surface area contributed by atoms with Crippen LogP contribution in [0.15, 0.2) is 48.5 Å². The summed E-state index contributed by atoms with van der Waals surface area (Å²) in [6.07, 6.45) is 0.453. The fourth-order valence-corrected chi connectivity index (χ4v) is 2.52. The van der Waals surface area contributed by atoms with Crippen molar-refractivity contribution in [2.24, 2.45) is 0 Å². The van der Waals surface area contributed by atoms with Gasteiger partial charge >= 0.3 is 0 Å². The van der Waals surface area contributed by atoms with E-state index in [4.69, 9.17) is 0 Å². The molecule has 25 heavy (non-hydrogen) atoms. The van der Waals surface area contributed by atoms with E-state index in [1.54, 1.807) is 12.1 Å². The number of aromatic amines is 2. The van der Waals surface area contributed by atoms with Gasteiger partial charge in [-0.15, -0.1) is 5.10 Å². The van der Waals surface area contributed by atoms with Crippen molar-refractivity contribution in [3.8, 4) is 0 Å². The van der Waals surface area contributed by atoms with E-state index in [0.717, 1.165) is 16.5 Å². The standard InChI is InChI=1S/C17H13FN6O/c18-11-7-5-10(6-8-11)9-14-19-17(24-22-14)20-16(25)15-12-3-1-2-4-13(12)21-23-15/h1-8H,9H2,(H,21,23)(H2,19,20,22,24,25). The van der Waals surface area contributed by atoms with Crippen LogP contribution in [0.25, 0.3) is 10.9 Å². The predicted octanol–water partition coefficient (Wildman–Crippen LogP) is 2.66. The molecule has 0 aliphatic rings. The van der Waals surface area contributed by atoms with E-state index < -0.39 is 5.91 Å². The number of rotatable bonds is 4. The topological polar surface area (TPSA) is 99.3 Å². The normalized spacial score (nSPS) is 10.9. The van der Waals surface area contributed by atoms with Crippen LogP contribution >= 0.6 is 0 Å². The lowest BCUT2D eigenvalue weighted by molar-refractivity contribution is 0.102. The number of benzene rings is 2. The Hall–Kier alpha value is -3.55.